The minimum absolute atomic E-state index is 0.145. The Labute approximate surface area is 110 Å². The molecule has 0 radical (unpaired) electrons. The van der Waals surface area contributed by atoms with Crippen LogP contribution in [0, 0.1) is 11.3 Å². The molecule has 0 aromatic heterocycles. The molecule has 2 aliphatic rings. The van der Waals surface area contributed by atoms with E-state index in [4.69, 9.17) is 5.26 Å². The van der Waals surface area contributed by atoms with E-state index in [2.05, 4.69) is 0 Å². The highest BCUT2D eigenvalue weighted by atomic mass is 32.2. The van der Waals surface area contributed by atoms with Crippen LogP contribution in [-0.2, 0) is 10.2 Å². The van der Waals surface area contributed by atoms with Gasteiger partial charge in [0.2, 0.25) is 0 Å². The summed E-state index contributed by atoms with van der Waals surface area (Å²) in [7, 11) is -3.34. The maximum Gasteiger partial charge on any atom is 0.282 e. The SMILES string of the molecule is N#CCCN(C1CC1)S(=O)(=O)N1CCCCCC1. The normalized spacial score (nSPS) is 22.7. The summed E-state index contributed by atoms with van der Waals surface area (Å²) in [6, 6.07) is 2.19. The highest BCUT2D eigenvalue weighted by Crippen LogP contribution is 2.31. The summed E-state index contributed by atoms with van der Waals surface area (Å²) in [5.74, 6) is 0. The fraction of sp³-hybridized carbons (Fsp3) is 0.917. The summed E-state index contributed by atoms with van der Waals surface area (Å²) >= 11 is 0. The van der Waals surface area contributed by atoms with Gasteiger partial charge in [-0.05, 0) is 25.7 Å². The Kier molecular flexibility index (Phi) is 4.60. The van der Waals surface area contributed by atoms with Crippen LogP contribution in [0.5, 0.6) is 0 Å². The predicted octanol–water partition coefficient (Wildman–Crippen LogP) is 1.49. The van der Waals surface area contributed by atoms with Gasteiger partial charge in [-0.2, -0.15) is 22.3 Å². The molecule has 18 heavy (non-hydrogen) atoms. The van der Waals surface area contributed by atoms with Gasteiger partial charge in [0.15, 0.2) is 0 Å². The van der Waals surface area contributed by atoms with Crippen molar-refractivity contribution in [2.75, 3.05) is 19.6 Å². The van der Waals surface area contributed by atoms with Crippen molar-refractivity contribution in [1.29, 1.82) is 5.26 Å². The summed E-state index contributed by atoms with van der Waals surface area (Å²) in [5, 5.41) is 8.65. The molecule has 1 saturated heterocycles. The molecule has 1 aliphatic carbocycles. The van der Waals surface area contributed by atoms with Gasteiger partial charge in [0.25, 0.3) is 10.2 Å². The molecule has 2 rings (SSSR count). The molecular formula is C12H21N3O2S. The first-order chi connectivity index (χ1) is 8.66. The van der Waals surface area contributed by atoms with Crippen LogP contribution in [0.15, 0.2) is 0 Å². The molecule has 2 fully saturated rings. The van der Waals surface area contributed by atoms with E-state index < -0.39 is 10.2 Å². The molecule has 5 nitrogen and oxygen atoms in total. The van der Waals surface area contributed by atoms with Gasteiger partial charge in [-0.25, -0.2) is 0 Å². The third-order valence-electron chi connectivity index (χ3n) is 3.59. The Balaban J connectivity index is 2.08. The summed E-state index contributed by atoms with van der Waals surface area (Å²) < 4.78 is 28.3. The average Bonchev–Trinajstić information content (AvgIpc) is 3.16. The molecule has 0 N–H and O–H groups in total. The highest BCUT2D eigenvalue weighted by Gasteiger charge is 2.39. The second kappa shape index (κ2) is 6.00. The van der Waals surface area contributed by atoms with E-state index in [0.29, 0.717) is 19.6 Å². The largest absolute Gasteiger partial charge is 0.282 e. The number of nitriles is 1. The van der Waals surface area contributed by atoms with Gasteiger partial charge in [0.05, 0.1) is 6.07 Å². The maximum absolute atomic E-state index is 12.6. The Hall–Kier alpha value is -0.640. The molecule has 1 saturated carbocycles. The highest BCUT2D eigenvalue weighted by molar-refractivity contribution is 7.86. The van der Waals surface area contributed by atoms with Gasteiger partial charge < -0.3 is 0 Å². The lowest BCUT2D eigenvalue weighted by molar-refractivity contribution is 0.338. The van der Waals surface area contributed by atoms with Crippen molar-refractivity contribution in [3.8, 4) is 6.07 Å². The molecule has 0 bridgehead atoms. The fourth-order valence-electron chi connectivity index (χ4n) is 2.43. The minimum Gasteiger partial charge on any atom is -0.198 e. The molecule has 102 valence electrons. The first-order valence-corrected chi connectivity index (χ1v) is 8.20. The molecule has 0 amide bonds. The average molecular weight is 271 g/mol. The Morgan fingerprint density at radius 1 is 1.17 bits per heavy atom. The van der Waals surface area contributed by atoms with Gasteiger partial charge in [0.1, 0.15) is 0 Å². The van der Waals surface area contributed by atoms with Gasteiger partial charge in [0, 0.05) is 32.1 Å². The number of hydrogen-bond donors (Lipinski definition) is 0. The van der Waals surface area contributed by atoms with Gasteiger partial charge in [-0.3, -0.25) is 0 Å². The number of hydrogen-bond acceptors (Lipinski definition) is 3. The molecule has 0 aromatic carbocycles. The monoisotopic (exact) mass is 271 g/mol. The van der Waals surface area contributed by atoms with Gasteiger partial charge in [-0.15, -0.1) is 0 Å². The van der Waals surface area contributed by atoms with Crippen LogP contribution >= 0.6 is 0 Å². The molecule has 1 heterocycles. The molecule has 1 aliphatic heterocycles. The lowest BCUT2D eigenvalue weighted by atomic mass is 10.2. The topological polar surface area (TPSA) is 64.4 Å². The first kappa shape index (κ1) is 13.8. The summed E-state index contributed by atoms with van der Waals surface area (Å²) in [6.07, 6.45) is 6.31. The van der Waals surface area contributed by atoms with Crippen LogP contribution in [-0.4, -0.2) is 42.7 Å². The molecule has 0 unspecified atom stereocenters. The number of nitrogens with zero attached hydrogens (tertiary/aromatic N) is 3. The minimum atomic E-state index is -3.34. The van der Waals surface area contributed by atoms with E-state index in [1.807, 2.05) is 6.07 Å². The lowest BCUT2D eigenvalue weighted by Gasteiger charge is -2.28. The van der Waals surface area contributed by atoms with Crippen LogP contribution in [0.4, 0.5) is 0 Å². The van der Waals surface area contributed by atoms with Crippen LogP contribution in [0.25, 0.3) is 0 Å². The summed E-state index contributed by atoms with van der Waals surface area (Å²) in [5.41, 5.74) is 0. The third-order valence-corrected chi connectivity index (χ3v) is 5.68. The zero-order chi connectivity index (χ0) is 13.0. The van der Waals surface area contributed by atoms with Crippen LogP contribution < -0.4 is 0 Å². The second-order valence-electron chi connectivity index (χ2n) is 5.07. The van der Waals surface area contributed by atoms with E-state index in [1.165, 1.54) is 0 Å². The predicted molar refractivity (Wildman–Crippen MR) is 68.9 cm³/mol. The van der Waals surface area contributed by atoms with Crippen LogP contribution in [0.2, 0.25) is 0 Å². The van der Waals surface area contributed by atoms with Crippen molar-refractivity contribution in [3.05, 3.63) is 0 Å². The maximum atomic E-state index is 12.6. The van der Waals surface area contributed by atoms with E-state index in [1.54, 1.807) is 8.61 Å². The lowest BCUT2D eigenvalue weighted by Crippen LogP contribution is -2.45. The van der Waals surface area contributed by atoms with E-state index >= 15 is 0 Å². The van der Waals surface area contributed by atoms with Crippen molar-refractivity contribution < 1.29 is 8.42 Å². The third kappa shape index (κ3) is 3.22. The number of rotatable bonds is 5. The van der Waals surface area contributed by atoms with E-state index in [9.17, 15) is 8.42 Å². The fourth-order valence-corrected chi connectivity index (χ4v) is 4.36. The van der Waals surface area contributed by atoms with Crippen molar-refractivity contribution in [2.24, 2.45) is 0 Å². The van der Waals surface area contributed by atoms with Gasteiger partial charge in [-0.1, -0.05) is 12.8 Å². The molecular weight excluding hydrogens is 250 g/mol. The van der Waals surface area contributed by atoms with Gasteiger partial charge >= 0.3 is 0 Å². The first-order valence-electron chi connectivity index (χ1n) is 6.80. The quantitative estimate of drug-likeness (QED) is 0.761. The van der Waals surface area contributed by atoms with Crippen molar-refractivity contribution in [1.82, 2.24) is 8.61 Å². The molecule has 6 heteroatoms. The van der Waals surface area contributed by atoms with Crippen molar-refractivity contribution in [3.63, 3.8) is 0 Å². The summed E-state index contributed by atoms with van der Waals surface area (Å²) in [6.45, 7) is 1.62. The van der Waals surface area contributed by atoms with Crippen molar-refractivity contribution >= 4 is 10.2 Å². The zero-order valence-corrected chi connectivity index (χ0v) is 11.5. The Morgan fingerprint density at radius 2 is 1.78 bits per heavy atom. The Morgan fingerprint density at radius 3 is 2.28 bits per heavy atom. The second-order valence-corrected chi connectivity index (χ2v) is 6.95. The standard InChI is InChI=1S/C12H21N3O2S/c13-8-5-11-15(12-6-7-12)18(16,17)14-9-3-1-2-4-10-14/h12H,1-7,9-11H2. The summed E-state index contributed by atoms with van der Waals surface area (Å²) in [4.78, 5) is 0. The van der Waals surface area contributed by atoms with Crippen LogP contribution in [0.1, 0.15) is 44.9 Å². The van der Waals surface area contributed by atoms with Crippen molar-refractivity contribution in [2.45, 2.75) is 51.0 Å². The Bertz CT molecular complexity index is 404. The van der Waals surface area contributed by atoms with E-state index in [0.717, 1.165) is 38.5 Å². The van der Waals surface area contributed by atoms with Crippen LogP contribution in [0.3, 0.4) is 0 Å². The molecule has 0 spiro atoms. The smallest absolute Gasteiger partial charge is 0.198 e. The van der Waals surface area contributed by atoms with E-state index in [-0.39, 0.29) is 12.5 Å². The molecule has 0 atom stereocenters. The molecule has 0 aromatic rings. The zero-order valence-electron chi connectivity index (χ0n) is 10.7.